The standard InChI is InChI=1S/C22H27N5O2S/c1-15-7-5-6-8-18(15)24-20(28)14-30-21-26-25-19(27(21)23)13-29-17-11-9-16(10-12-17)22(2,3)4/h5-12H,13-14,23H2,1-4H3,(H,24,28). The molecule has 0 saturated carbocycles. The van der Waals surface area contributed by atoms with Crippen molar-refractivity contribution in [2.24, 2.45) is 0 Å². The van der Waals surface area contributed by atoms with Crippen molar-refractivity contribution in [3.8, 4) is 5.75 Å². The topological polar surface area (TPSA) is 95.1 Å². The Morgan fingerprint density at radius 1 is 1.13 bits per heavy atom. The molecule has 2 aromatic carbocycles. The van der Waals surface area contributed by atoms with Gasteiger partial charge in [0.25, 0.3) is 0 Å². The molecule has 0 fully saturated rings. The number of nitrogens with one attached hydrogen (secondary N) is 1. The number of carbonyl (C=O) groups excluding carboxylic acids is 1. The molecule has 0 aliphatic rings. The fraction of sp³-hybridized carbons (Fsp3) is 0.318. The van der Waals surface area contributed by atoms with Crippen molar-refractivity contribution in [3.05, 3.63) is 65.5 Å². The van der Waals surface area contributed by atoms with Crippen molar-refractivity contribution in [1.82, 2.24) is 14.9 Å². The van der Waals surface area contributed by atoms with E-state index in [0.29, 0.717) is 11.0 Å². The summed E-state index contributed by atoms with van der Waals surface area (Å²) in [6.07, 6.45) is 0. The van der Waals surface area contributed by atoms with Crippen LogP contribution in [0, 0.1) is 6.92 Å². The number of anilines is 1. The maximum absolute atomic E-state index is 12.2. The lowest BCUT2D eigenvalue weighted by molar-refractivity contribution is -0.113. The Morgan fingerprint density at radius 3 is 2.50 bits per heavy atom. The highest BCUT2D eigenvalue weighted by Gasteiger charge is 2.15. The van der Waals surface area contributed by atoms with Crippen molar-refractivity contribution in [1.29, 1.82) is 0 Å². The summed E-state index contributed by atoms with van der Waals surface area (Å²) in [7, 11) is 0. The molecule has 7 nitrogen and oxygen atoms in total. The van der Waals surface area contributed by atoms with Gasteiger partial charge in [0.2, 0.25) is 11.1 Å². The van der Waals surface area contributed by atoms with E-state index in [9.17, 15) is 4.79 Å². The van der Waals surface area contributed by atoms with Gasteiger partial charge < -0.3 is 15.9 Å². The van der Waals surface area contributed by atoms with Crippen molar-refractivity contribution in [2.45, 2.75) is 44.9 Å². The van der Waals surface area contributed by atoms with Crippen LogP contribution in [-0.4, -0.2) is 26.5 Å². The van der Waals surface area contributed by atoms with Crippen LogP contribution in [0.15, 0.2) is 53.7 Å². The van der Waals surface area contributed by atoms with Crippen molar-refractivity contribution in [2.75, 3.05) is 16.9 Å². The lowest BCUT2D eigenvalue weighted by Crippen LogP contribution is -2.18. The molecule has 3 rings (SSSR count). The van der Waals surface area contributed by atoms with Gasteiger partial charge in [-0.15, -0.1) is 10.2 Å². The molecule has 0 unspecified atom stereocenters. The number of thioether (sulfide) groups is 1. The predicted octanol–water partition coefficient (Wildman–Crippen LogP) is 3.91. The summed E-state index contributed by atoms with van der Waals surface area (Å²) in [4.78, 5) is 12.2. The van der Waals surface area contributed by atoms with E-state index >= 15 is 0 Å². The largest absolute Gasteiger partial charge is 0.486 e. The minimum atomic E-state index is -0.131. The van der Waals surface area contributed by atoms with E-state index in [-0.39, 0.29) is 23.7 Å². The second-order valence-corrected chi connectivity index (χ2v) is 8.93. The molecule has 158 valence electrons. The van der Waals surface area contributed by atoms with Gasteiger partial charge in [-0.3, -0.25) is 4.79 Å². The number of nitrogen functional groups attached to an aromatic ring is 1. The highest BCUT2D eigenvalue weighted by Crippen LogP contribution is 2.24. The lowest BCUT2D eigenvalue weighted by atomic mass is 9.87. The van der Waals surface area contributed by atoms with Gasteiger partial charge in [-0.25, -0.2) is 4.68 Å². The number of benzene rings is 2. The van der Waals surface area contributed by atoms with Crippen LogP contribution in [-0.2, 0) is 16.8 Å². The third kappa shape index (κ3) is 5.54. The zero-order chi connectivity index (χ0) is 21.7. The Labute approximate surface area is 181 Å². The number of para-hydroxylation sites is 1. The minimum Gasteiger partial charge on any atom is -0.486 e. The molecule has 0 atom stereocenters. The van der Waals surface area contributed by atoms with Gasteiger partial charge in [0.1, 0.15) is 12.4 Å². The molecular weight excluding hydrogens is 398 g/mol. The van der Waals surface area contributed by atoms with Gasteiger partial charge in [0, 0.05) is 5.69 Å². The minimum absolute atomic E-state index is 0.0909. The Balaban J connectivity index is 1.53. The second-order valence-electron chi connectivity index (χ2n) is 7.98. The molecular formula is C22H27N5O2S. The summed E-state index contributed by atoms with van der Waals surface area (Å²) >= 11 is 1.22. The highest BCUT2D eigenvalue weighted by molar-refractivity contribution is 7.99. The smallest absolute Gasteiger partial charge is 0.234 e. The number of carbonyl (C=O) groups is 1. The van der Waals surface area contributed by atoms with Crippen LogP contribution in [0.5, 0.6) is 5.75 Å². The monoisotopic (exact) mass is 425 g/mol. The predicted molar refractivity (Wildman–Crippen MR) is 120 cm³/mol. The average molecular weight is 426 g/mol. The number of nitrogens with zero attached hydrogens (tertiary/aromatic N) is 3. The maximum Gasteiger partial charge on any atom is 0.234 e. The summed E-state index contributed by atoms with van der Waals surface area (Å²) in [5.74, 6) is 7.34. The molecule has 0 radical (unpaired) electrons. The first-order valence-electron chi connectivity index (χ1n) is 9.65. The van der Waals surface area contributed by atoms with Crippen LogP contribution in [0.2, 0.25) is 0 Å². The van der Waals surface area contributed by atoms with Gasteiger partial charge in [0.15, 0.2) is 5.82 Å². The summed E-state index contributed by atoms with van der Waals surface area (Å²) in [6.45, 7) is 8.64. The molecule has 30 heavy (non-hydrogen) atoms. The Hall–Kier alpha value is -3.00. The van der Waals surface area contributed by atoms with Crippen LogP contribution in [0.25, 0.3) is 0 Å². The van der Waals surface area contributed by atoms with Crippen LogP contribution >= 0.6 is 11.8 Å². The first kappa shape index (κ1) is 21.7. The summed E-state index contributed by atoms with van der Waals surface area (Å²) in [5.41, 5.74) is 3.13. The molecule has 1 amide bonds. The fourth-order valence-electron chi connectivity index (χ4n) is 2.73. The quantitative estimate of drug-likeness (QED) is 0.440. The Kier molecular flexibility index (Phi) is 6.66. The van der Waals surface area contributed by atoms with E-state index < -0.39 is 0 Å². The first-order chi connectivity index (χ1) is 14.2. The number of hydrogen-bond donors (Lipinski definition) is 2. The van der Waals surface area contributed by atoms with Crippen LogP contribution < -0.4 is 15.9 Å². The number of ether oxygens (including phenoxy) is 1. The molecule has 0 aliphatic heterocycles. The zero-order valence-electron chi connectivity index (χ0n) is 17.7. The van der Waals surface area contributed by atoms with Gasteiger partial charge in [-0.05, 0) is 41.7 Å². The molecule has 1 aromatic heterocycles. The lowest BCUT2D eigenvalue weighted by Gasteiger charge is -2.19. The highest BCUT2D eigenvalue weighted by atomic mass is 32.2. The molecule has 0 bridgehead atoms. The van der Waals surface area contributed by atoms with Gasteiger partial charge >= 0.3 is 0 Å². The summed E-state index contributed by atoms with van der Waals surface area (Å²) < 4.78 is 7.14. The molecule has 8 heteroatoms. The normalized spacial score (nSPS) is 11.3. The second kappa shape index (κ2) is 9.21. The maximum atomic E-state index is 12.2. The van der Waals surface area contributed by atoms with Crippen LogP contribution in [0.1, 0.15) is 37.7 Å². The van der Waals surface area contributed by atoms with Crippen molar-refractivity contribution < 1.29 is 9.53 Å². The van der Waals surface area contributed by atoms with Gasteiger partial charge in [-0.1, -0.05) is 62.9 Å². The van der Waals surface area contributed by atoms with E-state index in [2.05, 4.69) is 48.4 Å². The number of nitrogens with two attached hydrogens (primary N) is 1. The van der Waals surface area contributed by atoms with E-state index in [4.69, 9.17) is 10.6 Å². The first-order valence-corrected chi connectivity index (χ1v) is 10.6. The van der Waals surface area contributed by atoms with Gasteiger partial charge in [0.05, 0.1) is 5.75 Å². The van der Waals surface area contributed by atoms with Gasteiger partial charge in [-0.2, -0.15) is 0 Å². The molecule has 0 spiro atoms. The Morgan fingerprint density at radius 2 is 1.83 bits per heavy atom. The van der Waals surface area contributed by atoms with Crippen LogP contribution in [0.4, 0.5) is 5.69 Å². The SMILES string of the molecule is Cc1ccccc1NC(=O)CSc1nnc(COc2ccc(C(C)(C)C)cc2)n1N. The summed E-state index contributed by atoms with van der Waals surface area (Å²) in [5, 5.41) is 11.5. The van der Waals surface area contributed by atoms with E-state index in [0.717, 1.165) is 17.0 Å². The van der Waals surface area contributed by atoms with Crippen LogP contribution in [0.3, 0.4) is 0 Å². The molecule has 3 N–H and O–H groups in total. The summed E-state index contributed by atoms with van der Waals surface area (Å²) in [6, 6.07) is 15.6. The number of amides is 1. The van der Waals surface area contributed by atoms with E-state index in [1.807, 2.05) is 43.3 Å². The van der Waals surface area contributed by atoms with E-state index in [1.54, 1.807) is 0 Å². The molecule has 0 saturated heterocycles. The van der Waals surface area contributed by atoms with E-state index in [1.165, 1.54) is 22.0 Å². The number of aromatic nitrogens is 3. The molecule has 0 aliphatic carbocycles. The fourth-order valence-corrected chi connectivity index (χ4v) is 3.41. The number of rotatable bonds is 7. The Bertz CT molecular complexity index is 1010. The zero-order valence-corrected chi connectivity index (χ0v) is 18.5. The third-order valence-corrected chi connectivity index (χ3v) is 5.52. The third-order valence-electron chi connectivity index (χ3n) is 4.57. The molecule has 1 heterocycles. The average Bonchev–Trinajstić information content (AvgIpc) is 3.06. The number of aryl methyl sites for hydroxylation is 1. The molecule has 3 aromatic rings. The van der Waals surface area contributed by atoms with Crippen molar-refractivity contribution in [3.63, 3.8) is 0 Å². The number of hydrogen-bond acceptors (Lipinski definition) is 6. The van der Waals surface area contributed by atoms with Crippen molar-refractivity contribution >= 4 is 23.4 Å².